The molecule has 0 heterocycles. The lowest BCUT2D eigenvalue weighted by Gasteiger charge is -2.11. The molecule has 1 amide bonds. The van der Waals surface area contributed by atoms with Crippen LogP contribution in [0.25, 0.3) is 10.8 Å². The van der Waals surface area contributed by atoms with Crippen LogP contribution in [0.3, 0.4) is 0 Å². The van der Waals surface area contributed by atoms with Crippen molar-refractivity contribution < 1.29 is 9.53 Å². The minimum absolute atomic E-state index is 0.111. The van der Waals surface area contributed by atoms with Crippen molar-refractivity contribution in [1.82, 2.24) is 5.43 Å². The van der Waals surface area contributed by atoms with E-state index in [1.807, 2.05) is 60.7 Å². The third kappa shape index (κ3) is 5.90. The first kappa shape index (κ1) is 21.5. The van der Waals surface area contributed by atoms with Gasteiger partial charge in [0.05, 0.1) is 10.2 Å². The summed E-state index contributed by atoms with van der Waals surface area (Å²) in [5.74, 6) is 0.325. The fraction of sp³-hybridized carbons (Fsp3) is 0.217. The Bertz CT molecular complexity index is 1020. The number of hydrazone groups is 1. The Kier molecular flexibility index (Phi) is 7.83. The molecule has 0 aliphatic rings. The molecule has 4 nitrogen and oxygen atoms in total. The van der Waals surface area contributed by atoms with E-state index in [9.17, 15) is 4.79 Å². The van der Waals surface area contributed by atoms with Crippen LogP contribution in [0.15, 0.2) is 74.7 Å². The first-order valence-electron chi connectivity index (χ1n) is 9.50. The van der Waals surface area contributed by atoms with E-state index >= 15 is 0 Å². The number of nitrogens with one attached hydrogen (secondary N) is 1. The minimum Gasteiger partial charge on any atom is -0.483 e. The van der Waals surface area contributed by atoms with Gasteiger partial charge in [0, 0.05) is 4.47 Å². The van der Waals surface area contributed by atoms with E-state index in [1.54, 1.807) is 0 Å². The molecule has 0 aliphatic heterocycles. The van der Waals surface area contributed by atoms with Crippen molar-refractivity contribution in [2.45, 2.75) is 26.2 Å². The standard InChI is InChI=1S/C23H22Br2N2O2/c1-2-3-9-20(16-7-5-4-6-8-16)26-27-22(28)15-29-21-13-10-17-14-18(24)11-12-19(17)23(21)25/h4-8,10-14H,2-3,9,15H2,1H3,(H,27,28)/b26-20-. The van der Waals surface area contributed by atoms with Gasteiger partial charge in [-0.25, -0.2) is 5.43 Å². The summed E-state index contributed by atoms with van der Waals surface area (Å²) in [6.07, 6.45) is 2.89. The smallest absolute Gasteiger partial charge is 0.277 e. The number of rotatable bonds is 8. The molecule has 0 fully saturated rings. The van der Waals surface area contributed by atoms with Crippen molar-refractivity contribution in [1.29, 1.82) is 0 Å². The molecule has 0 aliphatic carbocycles. The van der Waals surface area contributed by atoms with Crippen molar-refractivity contribution in [3.05, 3.63) is 75.2 Å². The second-order valence-electron chi connectivity index (χ2n) is 6.59. The van der Waals surface area contributed by atoms with Gasteiger partial charge in [0.2, 0.25) is 0 Å². The summed E-state index contributed by atoms with van der Waals surface area (Å²) in [7, 11) is 0. The Labute approximate surface area is 187 Å². The molecule has 150 valence electrons. The normalized spacial score (nSPS) is 11.5. The average Bonchev–Trinajstić information content (AvgIpc) is 2.74. The molecule has 0 radical (unpaired) electrons. The van der Waals surface area contributed by atoms with Gasteiger partial charge in [0.25, 0.3) is 5.91 Å². The molecule has 0 spiro atoms. The number of hydrogen-bond acceptors (Lipinski definition) is 3. The van der Waals surface area contributed by atoms with Crippen LogP contribution in [0, 0.1) is 0 Å². The van der Waals surface area contributed by atoms with Gasteiger partial charge in [0.1, 0.15) is 5.75 Å². The summed E-state index contributed by atoms with van der Waals surface area (Å²) in [5, 5.41) is 6.45. The maximum absolute atomic E-state index is 12.3. The van der Waals surface area contributed by atoms with Gasteiger partial charge in [-0.1, -0.05) is 71.7 Å². The highest BCUT2D eigenvalue weighted by Gasteiger charge is 2.10. The summed E-state index contributed by atoms with van der Waals surface area (Å²) in [4.78, 5) is 12.3. The van der Waals surface area contributed by atoms with Gasteiger partial charge < -0.3 is 4.74 Å². The highest BCUT2D eigenvalue weighted by molar-refractivity contribution is 9.11. The maximum Gasteiger partial charge on any atom is 0.277 e. The first-order chi connectivity index (χ1) is 14.1. The summed E-state index contributed by atoms with van der Waals surface area (Å²) in [6, 6.07) is 19.7. The number of hydrogen-bond donors (Lipinski definition) is 1. The van der Waals surface area contributed by atoms with Gasteiger partial charge in [-0.2, -0.15) is 5.10 Å². The monoisotopic (exact) mass is 516 g/mol. The Hall–Kier alpha value is -2.18. The van der Waals surface area contributed by atoms with Crippen LogP contribution in [0.1, 0.15) is 31.7 Å². The van der Waals surface area contributed by atoms with Gasteiger partial charge >= 0.3 is 0 Å². The SMILES string of the molecule is CCCC/C(=N/NC(=O)COc1ccc2cc(Br)ccc2c1Br)c1ccccc1. The van der Waals surface area contributed by atoms with E-state index in [2.05, 4.69) is 49.3 Å². The Balaban J connectivity index is 1.65. The molecule has 3 aromatic carbocycles. The molecule has 0 unspecified atom stereocenters. The molecule has 1 N–H and O–H groups in total. The third-order valence-corrected chi connectivity index (χ3v) is 5.74. The van der Waals surface area contributed by atoms with Crippen molar-refractivity contribution in [3.8, 4) is 5.75 Å². The molecular formula is C23H22Br2N2O2. The van der Waals surface area contributed by atoms with E-state index in [1.165, 1.54) is 0 Å². The van der Waals surface area contributed by atoms with Gasteiger partial charge in [-0.3, -0.25) is 4.79 Å². The van der Waals surface area contributed by atoms with E-state index < -0.39 is 0 Å². The number of nitrogens with zero attached hydrogens (tertiary/aromatic N) is 1. The van der Waals surface area contributed by atoms with E-state index in [4.69, 9.17) is 4.74 Å². The molecular weight excluding hydrogens is 496 g/mol. The molecule has 0 bridgehead atoms. The van der Waals surface area contributed by atoms with E-state index in [0.29, 0.717) is 5.75 Å². The second kappa shape index (κ2) is 10.6. The molecule has 3 aromatic rings. The predicted octanol–water partition coefficient (Wildman–Crippen LogP) is 6.45. The molecule has 3 rings (SSSR count). The maximum atomic E-state index is 12.3. The van der Waals surface area contributed by atoms with Gasteiger partial charge in [-0.15, -0.1) is 0 Å². The second-order valence-corrected chi connectivity index (χ2v) is 8.30. The zero-order valence-corrected chi connectivity index (χ0v) is 19.3. The van der Waals surface area contributed by atoms with Crippen LogP contribution in [0.5, 0.6) is 5.75 Å². The molecule has 0 aromatic heterocycles. The van der Waals surface area contributed by atoms with Crippen molar-refractivity contribution in [3.63, 3.8) is 0 Å². The fourth-order valence-electron chi connectivity index (χ4n) is 2.90. The number of unbranched alkanes of at least 4 members (excludes halogenated alkanes) is 1. The summed E-state index contributed by atoms with van der Waals surface area (Å²) in [5.41, 5.74) is 4.52. The lowest BCUT2D eigenvalue weighted by molar-refractivity contribution is -0.123. The van der Waals surface area contributed by atoms with Crippen LogP contribution in [0.2, 0.25) is 0 Å². The highest BCUT2D eigenvalue weighted by atomic mass is 79.9. The van der Waals surface area contributed by atoms with Crippen LogP contribution >= 0.6 is 31.9 Å². The number of ether oxygens (including phenoxy) is 1. The Morgan fingerprint density at radius 3 is 2.62 bits per heavy atom. The predicted molar refractivity (Wildman–Crippen MR) is 125 cm³/mol. The van der Waals surface area contributed by atoms with Crippen molar-refractivity contribution in [2.24, 2.45) is 5.10 Å². The molecule has 0 atom stereocenters. The summed E-state index contributed by atoms with van der Waals surface area (Å²) >= 11 is 7.05. The van der Waals surface area contributed by atoms with Gasteiger partial charge in [-0.05, 0) is 63.3 Å². The zero-order valence-electron chi connectivity index (χ0n) is 16.1. The number of fused-ring (bicyclic) bond motifs is 1. The van der Waals surface area contributed by atoms with Gasteiger partial charge in [0.15, 0.2) is 6.61 Å². The lowest BCUT2D eigenvalue weighted by atomic mass is 10.1. The average molecular weight is 518 g/mol. The summed E-state index contributed by atoms with van der Waals surface area (Å²) < 4.78 is 7.56. The summed E-state index contributed by atoms with van der Waals surface area (Å²) in [6.45, 7) is 2.02. The number of carbonyl (C=O) groups is 1. The molecule has 6 heteroatoms. The minimum atomic E-state index is -0.294. The third-order valence-electron chi connectivity index (χ3n) is 4.43. The van der Waals surface area contributed by atoms with Crippen LogP contribution in [-0.2, 0) is 4.79 Å². The first-order valence-corrected chi connectivity index (χ1v) is 11.1. The van der Waals surface area contributed by atoms with Crippen molar-refractivity contribution in [2.75, 3.05) is 6.61 Å². The van der Waals surface area contributed by atoms with Crippen LogP contribution < -0.4 is 10.2 Å². The fourth-order valence-corrected chi connectivity index (χ4v) is 3.89. The highest BCUT2D eigenvalue weighted by Crippen LogP contribution is 2.34. The number of amides is 1. The lowest BCUT2D eigenvalue weighted by Crippen LogP contribution is -2.26. The topological polar surface area (TPSA) is 50.7 Å². The Morgan fingerprint density at radius 2 is 1.86 bits per heavy atom. The van der Waals surface area contributed by atoms with E-state index in [0.717, 1.165) is 50.3 Å². The number of benzene rings is 3. The largest absolute Gasteiger partial charge is 0.483 e. The molecule has 29 heavy (non-hydrogen) atoms. The molecule has 0 saturated carbocycles. The van der Waals surface area contributed by atoms with Crippen LogP contribution in [0.4, 0.5) is 0 Å². The quantitative estimate of drug-likeness (QED) is 0.275. The Morgan fingerprint density at radius 1 is 1.07 bits per heavy atom. The zero-order chi connectivity index (χ0) is 20.6. The van der Waals surface area contributed by atoms with Crippen LogP contribution in [-0.4, -0.2) is 18.2 Å². The van der Waals surface area contributed by atoms with E-state index in [-0.39, 0.29) is 12.5 Å². The van der Waals surface area contributed by atoms with Crippen molar-refractivity contribution >= 4 is 54.3 Å². The number of halogens is 2. The number of carbonyl (C=O) groups excluding carboxylic acids is 1. The molecule has 0 saturated heterocycles.